The molecule has 3 aliphatic rings. The average Bonchev–Trinajstić information content (AvgIpc) is 2.84. The van der Waals surface area contributed by atoms with Gasteiger partial charge < -0.3 is 31.1 Å². The van der Waals surface area contributed by atoms with E-state index in [1.54, 1.807) is 25.9 Å². The number of phenolic OH excluding ortho intramolecular Hbond substituents is 1. The van der Waals surface area contributed by atoms with Crippen LogP contribution in [0, 0.1) is 11.8 Å². The van der Waals surface area contributed by atoms with Crippen LogP contribution in [0.3, 0.4) is 0 Å². The van der Waals surface area contributed by atoms with E-state index >= 15 is 0 Å². The van der Waals surface area contributed by atoms with Crippen molar-refractivity contribution in [3.05, 3.63) is 45.4 Å². The number of amides is 1. The van der Waals surface area contributed by atoms with E-state index in [9.17, 15) is 48.0 Å². The molecule has 4 rings (SSSR count). The van der Waals surface area contributed by atoms with Crippen LogP contribution in [0.2, 0.25) is 0 Å². The predicted molar refractivity (Wildman–Crippen MR) is 145 cm³/mol. The predicted octanol–water partition coefficient (Wildman–Crippen LogP) is 1.57. The van der Waals surface area contributed by atoms with Gasteiger partial charge in [-0.1, -0.05) is 6.92 Å². The molecular formula is C28H35F3N4O7. The molecule has 0 saturated carbocycles. The van der Waals surface area contributed by atoms with Crippen molar-refractivity contribution in [1.82, 2.24) is 9.80 Å². The highest BCUT2D eigenvalue weighted by molar-refractivity contribution is 6.24. The molecule has 14 heteroatoms. The van der Waals surface area contributed by atoms with E-state index in [-0.39, 0.29) is 37.1 Å². The fourth-order valence-corrected chi connectivity index (χ4v) is 6.83. The molecule has 1 aromatic rings. The van der Waals surface area contributed by atoms with Gasteiger partial charge in [0.05, 0.1) is 18.2 Å². The lowest BCUT2D eigenvalue weighted by Gasteiger charge is -2.50. The lowest BCUT2D eigenvalue weighted by atomic mass is 9.58. The van der Waals surface area contributed by atoms with Gasteiger partial charge in [-0.2, -0.15) is 13.2 Å². The van der Waals surface area contributed by atoms with Gasteiger partial charge in [0.15, 0.2) is 11.4 Å². The summed E-state index contributed by atoms with van der Waals surface area (Å²) in [7, 11) is 6.36. The molecule has 0 fully saturated rings. The van der Waals surface area contributed by atoms with Gasteiger partial charge in [-0.15, -0.1) is 0 Å². The Labute approximate surface area is 240 Å². The Kier molecular flexibility index (Phi) is 7.89. The van der Waals surface area contributed by atoms with E-state index in [1.165, 1.54) is 25.1 Å². The number of carbonyl (C=O) groups is 3. The smallest absolute Gasteiger partial charge is 0.401 e. The van der Waals surface area contributed by atoms with Crippen molar-refractivity contribution in [3.63, 3.8) is 0 Å². The molecule has 0 heterocycles. The van der Waals surface area contributed by atoms with Gasteiger partial charge in [-0.25, -0.2) is 0 Å². The molecule has 0 spiro atoms. The van der Waals surface area contributed by atoms with Gasteiger partial charge >= 0.3 is 6.18 Å². The van der Waals surface area contributed by atoms with Crippen LogP contribution in [-0.2, 0) is 22.6 Å². The Morgan fingerprint density at radius 3 is 2.26 bits per heavy atom. The van der Waals surface area contributed by atoms with Crippen molar-refractivity contribution in [2.24, 2.45) is 17.6 Å². The number of hydrogen-bond donors (Lipinski definition) is 5. The number of likely N-dealkylation sites (N-methyl/N-ethyl adjacent to an activating group) is 1. The summed E-state index contributed by atoms with van der Waals surface area (Å²) in [5, 5.41) is 45.0. The average molecular weight is 597 g/mol. The molecule has 0 aromatic heterocycles. The Morgan fingerprint density at radius 1 is 1.14 bits per heavy atom. The molecule has 0 unspecified atom stereocenters. The Bertz CT molecular complexity index is 1420. The number of aromatic hydroxyl groups is 1. The normalized spacial score (nSPS) is 26.0. The van der Waals surface area contributed by atoms with E-state index in [2.05, 4.69) is 0 Å². The fourth-order valence-electron chi connectivity index (χ4n) is 6.83. The Morgan fingerprint density at radius 2 is 1.76 bits per heavy atom. The first kappa shape index (κ1) is 31.3. The lowest BCUT2D eigenvalue weighted by molar-refractivity contribution is -0.148. The summed E-state index contributed by atoms with van der Waals surface area (Å²) in [4.78, 5) is 43.7. The molecule has 0 radical (unpaired) electrons. The second kappa shape index (κ2) is 10.6. The molecule has 0 saturated heterocycles. The summed E-state index contributed by atoms with van der Waals surface area (Å²) in [5.74, 6) is -7.70. The van der Waals surface area contributed by atoms with Crippen molar-refractivity contribution in [3.8, 4) is 5.75 Å². The molecule has 230 valence electrons. The maximum Gasteiger partial charge on any atom is 0.401 e. The number of nitrogens with zero attached hydrogens (tertiary/aromatic N) is 3. The minimum absolute atomic E-state index is 0.0227. The van der Waals surface area contributed by atoms with E-state index in [0.717, 1.165) is 4.90 Å². The first-order valence-electron chi connectivity index (χ1n) is 13.4. The number of alkyl halides is 3. The Hall–Kier alpha value is -3.62. The summed E-state index contributed by atoms with van der Waals surface area (Å²) in [5.41, 5.74) is 2.29. The molecule has 1 aromatic carbocycles. The molecule has 42 heavy (non-hydrogen) atoms. The minimum Gasteiger partial charge on any atom is -0.510 e. The number of ketones is 2. The molecule has 0 aliphatic heterocycles. The number of allylic oxidation sites excluding steroid dienone is 1. The summed E-state index contributed by atoms with van der Waals surface area (Å²) >= 11 is 0. The van der Waals surface area contributed by atoms with Gasteiger partial charge in [0.2, 0.25) is 5.78 Å². The quantitative estimate of drug-likeness (QED) is 0.292. The lowest BCUT2D eigenvalue weighted by Crippen LogP contribution is -2.63. The third kappa shape index (κ3) is 4.80. The van der Waals surface area contributed by atoms with Crippen LogP contribution in [0.5, 0.6) is 5.75 Å². The number of phenols is 1. The topological polar surface area (TPSA) is 168 Å². The second-order valence-corrected chi connectivity index (χ2v) is 11.5. The number of nitrogens with two attached hydrogens (primary N) is 1. The zero-order valence-corrected chi connectivity index (χ0v) is 23.9. The van der Waals surface area contributed by atoms with Crippen LogP contribution in [0.1, 0.15) is 34.8 Å². The number of primary amides is 1. The van der Waals surface area contributed by atoms with Crippen molar-refractivity contribution >= 4 is 23.2 Å². The number of aliphatic hydroxyl groups excluding tert-OH is 2. The molecule has 11 nitrogen and oxygen atoms in total. The summed E-state index contributed by atoms with van der Waals surface area (Å²) in [6, 6.07) is 0.0762. The van der Waals surface area contributed by atoms with Gasteiger partial charge in [-0.05, 0) is 56.6 Å². The largest absolute Gasteiger partial charge is 0.510 e. The fraction of sp³-hybridized carbons (Fsp3) is 0.536. The summed E-state index contributed by atoms with van der Waals surface area (Å²) in [6.45, 7) is 0.287. The number of aliphatic hydroxyl groups is 3. The summed E-state index contributed by atoms with van der Waals surface area (Å²) < 4.78 is 39.6. The van der Waals surface area contributed by atoms with Crippen molar-refractivity contribution in [1.29, 1.82) is 0 Å². The van der Waals surface area contributed by atoms with Crippen LogP contribution in [0.15, 0.2) is 28.7 Å². The van der Waals surface area contributed by atoms with Crippen LogP contribution in [-0.4, -0.2) is 107 Å². The van der Waals surface area contributed by atoms with Gasteiger partial charge in [0.1, 0.15) is 22.8 Å². The van der Waals surface area contributed by atoms with E-state index in [1.807, 2.05) is 0 Å². The van der Waals surface area contributed by atoms with E-state index in [0.29, 0.717) is 16.8 Å². The molecule has 6 N–H and O–H groups in total. The highest BCUT2D eigenvalue weighted by Crippen LogP contribution is 2.53. The number of halogens is 3. The molecule has 3 aliphatic carbocycles. The molecule has 4 atom stereocenters. The summed E-state index contributed by atoms with van der Waals surface area (Å²) in [6.07, 6.45) is -4.53. The van der Waals surface area contributed by atoms with E-state index in [4.69, 9.17) is 5.73 Å². The third-order valence-electron chi connectivity index (χ3n) is 8.47. The van der Waals surface area contributed by atoms with Crippen LogP contribution in [0.25, 0.3) is 0 Å². The number of benzene rings is 1. The number of carbonyl (C=O) groups excluding carboxylic acids is 3. The SMILES string of the molecule is CCN(Cc1cc(O)c2c(c1N(C)C)C[C@H]1C[C@H]3[C@H](N(C)C)C(O)=C(C(N)=O)C(=O)[C@@]3(O)C(O)=C1C2=O)CC(F)(F)F. The Balaban J connectivity index is 1.90. The molecular weight excluding hydrogens is 561 g/mol. The number of anilines is 1. The van der Waals surface area contributed by atoms with Crippen molar-refractivity contribution in [2.75, 3.05) is 46.2 Å². The standard InChI is InChI=1S/C28H35F3N4O7/c1-6-35(11-27(29,30)31)10-13-9-16(36)18-14(20(13)33(2)3)7-12-8-15-21(34(4)5)23(38)19(26(32)41)25(40)28(15,42)24(39)17(12)22(18)37/h9,12,15,21,36,38-39,42H,6-8,10-11H2,1-5H3,(H2,32,41)/t12-,15-,21-,28-/m0/s1. The molecule has 1 amide bonds. The highest BCUT2D eigenvalue weighted by Gasteiger charge is 2.63. The van der Waals surface area contributed by atoms with Gasteiger partial charge in [-0.3, -0.25) is 24.2 Å². The van der Waals surface area contributed by atoms with Gasteiger partial charge in [0.25, 0.3) is 5.91 Å². The third-order valence-corrected chi connectivity index (χ3v) is 8.47. The molecule has 0 bridgehead atoms. The second-order valence-electron chi connectivity index (χ2n) is 11.5. The number of Topliss-reactive ketones (excluding diaryl/α,β-unsaturated/α-hetero) is 2. The zero-order valence-electron chi connectivity index (χ0n) is 23.9. The number of fused-ring (bicyclic) bond motifs is 3. The maximum absolute atomic E-state index is 13.9. The van der Waals surface area contributed by atoms with Crippen LogP contribution >= 0.6 is 0 Å². The maximum atomic E-state index is 13.9. The first-order chi connectivity index (χ1) is 19.4. The monoisotopic (exact) mass is 596 g/mol. The number of hydrogen-bond acceptors (Lipinski definition) is 10. The zero-order chi connectivity index (χ0) is 31.6. The number of rotatable bonds is 7. The van der Waals surface area contributed by atoms with Crippen LogP contribution < -0.4 is 10.6 Å². The van der Waals surface area contributed by atoms with Crippen molar-refractivity contribution in [2.45, 2.75) is 44.1 Å². The minimum atomic E-state index is -4.45. The van der Waals surface area contributed by atoms with Crippen LogP contribution in [0.4, 0.5) is 18.9 Å². The van der Waals surface area contributed by atoms with Gasteiger partial charge in [0, 0.05) is 37.8 Å². The first-order valence-corrected chi connectivity index (χ1v) is 13.4. The highest BCUT2D eigenvalue weighted by atomic mass is 19.4. The van der Waals surface area contributed by atoms with Crippen molar-refractivity contribution < 1.29 is 48.0 Å². The van der Waals surface area contributed by atoms with E-state index < -0.39 is 76.5 Å².